The molecule has 0 amide bonds. The summed E-state index contributed by atoms with van der Waals surface area (Å²) in [6.45, 7) is 3.26. The first-order valence-corrected chi connectivity index (χ1v) is 4.65. The van der Waals surface area contributed by atoms with Gasteiger partial charge >= 0.3 is 5.69 Å². The second kappa shape index (κ2) is 4.98. The van der Waals surface area contributed by atoms with Gasteiger partial charge in [-0.25, -0.2) is 4.39 Å². The summed E-state index contributed by atoms with van der Waals surface area (Å²) in [5.74, 6) is -2.04. The van der Waals surface area contributed by atoms with E-state index in [-0.39, 0.29) is 18.3 Å². The molecule has 1 aromatic rings. The Hall–Kier alpha value is -1.56. The van der Waals surface area contributed by atoms with Crippen molar-refractivity contribution in [3.63, 3.8) is 0 Å². The summed E-state index contributed by atoms with van der Waals surface area (Å²) in [5, 5.41) is 10.6. The fourth-order valence-electron chi connectivity index (χ4n) is 1.19. The highest BCUT2D eigenvalue weighted by atomic mass is 19.1. The van der Waals surface area contributed by atoms with Crippen LogP contribution >= 0.6 is 0 Å². The SMILES string of the molecule is CC(C)OCc1cc(F)cc(F)c1[N+](=O)[O-]. The Balaban J connectivity index is 3.09. The van der Waals surface area contributed by atoms with Crippen molar-refractivity contribution in [2.45, 2.75) is 26.6 Å². The fraction of sp³-hybridized carbons (Fsp3) is 0.400. The molecule has 0 aliphatic rings. The Morgan fingerprint density at radius 2 is 2.06 bits per heavy atom. The molecule has 1 aromatic carbocycles. The third-order valence-electron chi connectivity index (χ3n) is 1.86. The Labute approximate surface area is 91.0 Å². The first-order chi connectivity index (χ1) is 7.41. The van der Waals surface area contributed by atoms with Crippen molar-refractivity contribution < 1.29 is 18.4 Å². The zero-order valence-corrected chi connectivity index (χ0v) is 8.87. The summed E-state index contributed by atoms with van der Waals surface area (Å²) in [6, 6.07) is 1.39. The maximum atomic E-state index is 13.1. The molecule has 0 N–H and O–H groups in total. The molecule has 0 saturated heterocycles. The first-order valence-electron chi connectivity index (χ1n) is 4.65. The van der Waals surface area contributed by atoms with Crippen LogP contribution in [0.5, 0.6) is 0 Å². The lowest BCUT2D eigenvalue weighted by Gasteiger charge is -2.08. The molecular weight excluding hydrogens is 220 g/mol. The van der Waals surface area contributed by atoms with Crippen molar-refractivity contribution >= 4 is 5.69 Å². The number of rotatable bonds is 4. The molecule has 1 rings (SSSR count). The predicted molar refractivity (Wildman–Crippen MR) is 52.9 cm³/mol. The van der Waals surface area contributed by atoms with Crippen molar-refractivity contribution in [1.82, 2.24) is 0 Å². The van der Waals surface area contributed by atoms with Crippen molar-refractivity contribution in [3.05, 3.63) is 39.4 Å². The topological polar surface area (TPSA) is 52.4 Å². The van der Waals surface area contributed by atoms with E-state index in [9.17, 15) is 18.9 Å². The van der Waals surface area contributed by atoms with E-state index < -0.39 is 22.2 Å². The Bertz CT molecular complexity index is 407. The van der Waals surface area contributed by atoms with E-state index in [1.807, 2.05) is 0 Å². The molecule has 0 atom stereocenters. The molecule has 16 heavy (non-hydrogen) atoms. The van der Waals surface area contributed by atoms with Gasteiger partial charge in [-0.3, -0.25) is 10.1 Å². The van der Waals surface area contributed by atoms with Crippen molar-refractivity contribution in [1.29, 1.82) is 0 Å². The summed E-state index contributed by atoms with van der Waals surface area (Å²) in [7, 11) is 0. The van der Waals surface area contributed by atoms with Gasteiger partial charge in [-0.15, -0.1) is 0 Å². The van der Waals surface area contributed by atoms with Gasteiger partial charge in [-0.05, 0) is 19.9 Å². The summed E-state index contributed by atoms with van der Waals surface area (Å²) >= 11 is 0. The van der Waals surface area contributed by atoms with E-state index in [4.69, 9.17) is 4.74 Å². The zero-order chi connectivity index (χ0) is 12.3. The molecule has 0 aliphatic carbocycles. The predicted octanol–water partition coefficient (Wildman–Crippen LogP) is 2.80. The number of ether oxygens (including phenoxy) is 1. The molecule has 0 heterocycles. The largest absolute Gasteiger partial charge is 0.374 e. The third kappa shape index (κ3) is 2.96. The van der Waals surface area contributed by atoms with Crippen LogP contribution in [0.3, 0.4) is 0 Å². The molecule has 0 radical (unpaired) electrons. The minimum Gasteiger partial charge on any atom is -0.374 e. The third-order valence-corrected chi connectivity index (χ3v) is 1.86. The van der Waals surface area contributed by atoms with Crippen LogP contribution < -0.4 is 0 Å². The normalized spacial score (nSPS) is 10.8. The molecule has 88 valence electrons. The van der Waals surface area contributed by atoms with Crippen molar-refractivity contribution in [3.8, 4) is 0 Å². The molecule has 0 unspecified atom stereocenters. The van der Waals surface area contributed by atoms with Crippen LogP contribution in [0.15, 0.2) is 12.1 Å². The van der Waals surface area contributed by atoms with Crippen LogP contribution in [0.25, 0.3) is 0 Å². The highest BCUT2D eigenvalue weighted by molar-refractivity contribution is 5.41. The summed E-state index contributed by atoms with van der Waals surface area (Å²) < 4.78 is 31.1. The molecule has 0 spiro atoms. The Morgan fingerprint density at radius 1 is 1.44 bits per heavy atom. The van der Waals surface area contributed by atoms with Gasteiger partial charge in [0, 0.05) is 6.07 Å². The van der Waals surface area contributed by atoms with Gasteiger partial charge in [-0.1, -0.05) is 0 Å². The van der Waals surface area contributed by atoms with E-state index in [2.05, 4.69) is 0 Å². The zero-order valence-electron chi connectivity index (χ0n) is 8.87. The average molecular weight is 231 g/mol. The Kier molecular flexibility index (Phi) is 3.89. The van der Waals surface area contributed by atoms with E-state index >= 15 is 0 Å². The smallest absolute Gasteiger partial charge is 0.310 e. The van der Waals surface area contributed by atoms with Gasteiger partial charge in [0.25, 0.3) is 0 Å². The molecule has 4 nitrogen and oxygen atoms in total. The fourth-order valence-corrected chi connectivity index (χ4v) is 1.19. The minimum absolute atomic E-state index is 0.101. The van der Waals surface area contributed by atoms with E-state index in [0.29, 0.717) is 6.07 Å². The van der Waals surface area contributed by atoms with E-state index in [1.54, 1.807) is 13.8 Å². The first kappa shape index (κ1) is 12.5. The number of hydrogen-bond donors (Lipinski definition) is 0. The van der Waals surface area contributed by atoms with Crippen LogP contribution in [0.4, 0.5) is 14.5 Å². The molecule has 6 heteroatoms. The maximum absolute atomic E-state index is 13.1. The second-order valence-corrected chi connectivity index (χ2v) is 3.51. The van der Waals surface area contributed by atoms with Gasteiger partial charge < -0.3 is 4.74 Å². The molecule has 0 aromatic heterocycles. The van der Waals surface area contributed by atoms with Gasteiger partial charge in [-0.2, -0.15) is 4.39 Å². The van der Waals surface area contributed by atoms with Crippen molar-refractivity contribution in [2.24, 2.45) is 0 Å². The summed E-state index contributed by atoms with van der Waals surface area (Å²) in [6.07, 6.45) is -0.175. The number of hydrogen-bond acceptors (Lipinski definition) is 3. The number of nitro groups is 1. The van der Waals surface area contributed by atoms with Gasteiger partial charge in [0.05, 0.1) is 23.2 Å². The van der Waals surface area contributed by atoms with Crippen LogP contribution in [0, 0.1) is 21.7 Å². The highest BCUT2D eigenvalue weighted by Gasteiger charge is 2.21. The van der Waals surface area contributed by atoms with E-state index in [0.717, 1.165) is 6.07 Å². The molecular formula is C10H11F2NO3. The quantitative estimate of drug-likeness (QED) is 0.591. The number of nitrogens with zero attached hydrogens (tertiary/aromatic N) is 1. The van der Waals surface area contributed by atoms with Gasteiger partial charge in [0.15, 0.2) is 0 Å². The molecule has 0 aliphatic heterocycles. The highest BCUT2D eigenvalue weighted by Crippen LogP contribution is 2.24. The van der Waals surface area contributed by atoms with Crippen LogP contribution in [-0.4, -0.2) is 11.0 Å². The van der Waals surface area contributed by atoms with E-state index in [1.165, 1.54) is 0 Å². The van der Waals surface area contributed by atoms with Gasteiger partial charge in [0.2, 0.25) is 5.82 Å². The lowest BCUT2D eigenvalue weighted by atomic mass is 10.2. The second-order valence-electron chi connectivity index (χ2n) is 3.51. The van der Waals surface area contributed by atoms with Crippen LogP contribution in [-0.2, 0) is 11.3 Å². The molecule has 0 fully saturated rings. The summed E-state index contributed by atoms with van der Waals surface area (Å²) in [5.41, 5.74) is -0.835. The van der Waals surface area contributed by atoms with Crippen LogP contribution in [0.2, 0.25) is 0 Å². The van der Waals surface area contributed by atoms with Crippen LogP contribution in [0.1, 0.15) is 19.4 Å². The minimum atomic E-state index is -1.19. The maximum Gasteiger partial charge on any atom is 0.310 e. The lowest BCUT2D eigenvalue weighted by Crippen LogP contribution is -2.06. The molecule has 0 bridgehead atoms. The monoisotopic (exact) mass is 231 g/mol. The number of halogens is 2. The van der Waals surface area contributed by atoms with Gasteiger partial charge in [0.1, 0.15) is 5.82 Å². The van der Waals surface area contributed by atoms with Crippen molar-refractivity contribution in [2.75, 3.05) is 0 Å². The Morgan fingerprint density at radius 3 is 2.56 bits per heavy atom. The standard InChI is InChI=1S/C10H11F2NO3/c1-6(2)16-5-7-3-8(11)4-9(12)10(7)13(14)15/h3-4,6H,5H2,1-2H3. The average Bonchev–Trinajstić information content (AvgIpc) is 2.12. The number of benzene rings is 1. The lowest BCUT2D eigenvalue weighted by molar-refractivity contribution is -0.388. The molecule has 0 saturated carbocycles. The number of nitro benzene ring substituents is 1. The summed E-state index contributed by atoms with van der Waals surface area (Å²) in [4.78, 5) is 9.70.